The highest BCUT2D eigenvalue weighted by atomic mass is 15.4. The predicted octanol–water partition coefficient (Wildman–Crippen LogP) is 1.98. The van der Waals surface area contributed by atoms with Gasteiger partial charge in [-0.3, -0.25) is 0 Å². The molecule has 0 amide bonds. The molecule has 0 spiro atoms. The van der Waals surface area contributed by atoms with E-state index in [1.165, 1.54) is 25.0 Å². The molecule has 84 valence electrons. The maximum Gasteiger partial charge on any atom is 0.0997 e. The van der Waals surface area contributed by atoms with Gasteiger partial charge in [0.15, 0.2) is 0 Å². The molecule has 1 aromatic rings. The van der Waals surface area contributed by atoms with Gasteiger partial charge in [-0.15, -0.1) is 5.10 Å². The van der Waals surface area contributed by atoms with E-state index in [-0.39, 0.29) is 0 Å². The van der Waals surface area contributed by atoms with Gasteiger partial charge in [-0.1, -0.05) is 18.6 Å². The van der Waals surface area contributed by atoms with E-state index < -0.39 is 0 Å². The molecule has 1 saturated carbocycles. The molecule has 4 nitrogen and oxygen atoms in total. The van der Waals surface area contributed by atoms with E-state index in [4.69, 9.17) is 5.73 Å². The fourth-order valence-electron chi connectivity index (χ4n) is 2.08. The van der Waals surface area contributed by atoms with Crippen LogP contribution in [0.5, 0.6) is 0 Å². The molecule has 1 aromatic heterocycles. The quantitative estimate of drug-likeness (QED) is 0.823. The third-order valence-corrected chi connectivity index (χ3v) is 3.50. The van der Waals surface area contributed by atoms with Gasteiger partial charge in [0.05, 0.1) is 17.4 Å². The molecule has 1 atom stereocenters. The second-order valence-corrected chi connectivity index (χ2v) is 4.46. The molecule has 0 radical (unpaired) electrons. The number of hydrogen-bond acceptors (Lipinski definition) is 3. The molecule has 1 heterocycles. The summed E-state index contributed by atoms with van der Waals surface area (Å²) in [6.45, 7) is 4.89. The zero-order chi connectivity index (χ0) is 10.8. The van der Waals surface area contributed by atoms with Gasteiger partial charge < -0.3 is 5.73 Å². The van der Waals surface area contributed by atoms with E-state index in [9.17, 15) is 0 Å². The first-order valence-electron chi connectivity index (χ1n) is 5.92. The Morgan fingerprint density at radius 1 is 1.53 bits per heavy atom. The lowest BCUT2D eigenvalue weighted by atomic mass is 9.82. The van der Waals surface area contributed by atoms with Gasteiger partial charge in [-0.05, 0) is 26.2 Å². The van der Waals surface area contributed by atoms with Crippen molar-refractivity contribution in [1.82, 2.24) is 15.0 Å². The number of rotatable bonds is 4. The lowest BCUT2D eigenvalue weighted by Crippen LogP contribution is -2.19. The van der Waals surface area contributed by atoms with Crippen LogP contribution < -0.4 is 5.73 Å². The normalized spacial score (nSPS) is 18.9. The lowest BCUT2D eigenvalue weighted by Gasteiger charge is -2.28. The average Bonchev–Trinajstić information content (AvgIpc) is 2.58. The molecule has 1 aliphatic rings. The average molecular weight is 208 g/mol. The van der Waals surface area contributed by atoms with Crippen molar-refractivity contribution in [2.75, 3.05) is 0 Å². The van der Waals surface area contributed by atoms with E-state index in [1.54, 1.807) is 0 Å². The highest BCUT2D eigenvalue weighted by Gasteiger charge is 2.28. The summed E-state index contributed by atoms with van der Waals surface area (Å²) in [5.74, 6) is 0.660. The fourth-order valence-corrected chi connectivity index (χ4v) is 2.08. The van der Waals surface area contributed by atoms with Crippen molar-refractivity contribution < 1.29 is 0 Å². The standard InChI is InChI=1S/C11H20N4/c1-3-8(2)15-11(9-5-4-6-9)10(7-12)13-14-15/h8-9H,3-7,12H2,1-2H3. The Labute approximate surface area is 90.8 Å². The summed E-state index contributed by atoms with van der Waals surface area (Å²) in [5.41, 5.74) is 8.01. The van der Waals surface area contributed by atoms with Crippen LogP contribution in [0.1, 0.15) is 62.9 Å². The van der Waals surface area contributed by atoms with Crippen molar-refractivity contribution in [3.05, 3.63) is 11.4 Å². The van der Waals surface area contributed by atoms with E-state index >= 15 is 0 Å². The first-order valence-corrected chi connectivity index (χ1v) is 5.92. The summed E-state index contributed by atoms with van der Waals surface area (Å²) < 4.78 is 2.09. The highest BCUT2D eigenvalue weighted by molar-refractivity contribution is 5.18. The molecule has 1 fully saturated rings. The molecule has 1 unspecified atom stereocenters. The largest absolute Gasteiger partial charge is 0.325 e. The van der Waals surface area contributed by atoms with Gasteiger partial charge in [0, 0.05) is 12.5 Å². The van der Waals surface area contributed by atoms with E-state index in [0.29, 0.717) is 18.5 Å². The zero-order valence-corrected chi connectivity index (χ0v) is 9.61. The van der Waals surface area contributed by atoms with Crippen LogP contribution in [0.4, 0.5) is 0 Å². The Morgan fingerprint density at radius 2 is 2.27 bits per heavy atom. The molecule has 0 bridgehead atoms. The maximum absolute atomic E-state index is 5.71. The van der Waals surface area contributed by atoms with Crippen LogP contribution in [0, 0.1) is 0 Å². The van der Waals surface area contributed by atoms with E-state index in [1.807, 2.05) is 0 Å². The lowest BCUT2D eigenvalue weighted by molar-refractivity contribution is 0.361. The van der Waals surface area contributed by atoms with Crippen LogP contribution in [0.15, 0.2) is 0 Å². The molecule has 15 heavy (non-hydrogen) atoms. The van der Waals surface area contributed by atoms with E-state index in [2.05, 4.69) is 28.8 Å². The Kier molecular flexibility index (Phi) is 3.05. The molecule has 0 aliphatic heterocycles. The summed E-state index contributed by atoms with van der Waals surface area (Å²) in [6.07, 6.45) is 4.97. The molecule has 0 saturated heterocycles. The molecule has 1 aliphatic carbocycles. The van der Waals surface area contributed by atoms with Crippen LogP contribution in [0.25, 0.3) is 0 Å². The van der Waals surface area contributed by atoms with Crippen LogP contribution in [-0.2, 0) is 6.54 Å². The second kappa shape index (κ2) is 4.31. The zero-order valence-electron chi connectivity index (χ0n) is 9.61. The van der Waals surface area contributed by atoms with Crippen molar-refractivity contribution in [3.63, 3.8) is 0 Å². The Hall–Kier alpha value is -0.900. The summed E-state index contributed by atoms with van der Waals surface area (Å²) in [5, 5.41) is 8.44. The monoisotopic (exact) mass is 208 g/mol. The molecule has 2 rings (SSSR count). The van der Waals surface area contributed by atoms with Crippen LogP contribution in [0.2, 0.25) is 0 Å². The Morgan fingerprint density at radius 3 is 2.73 bits per heavy atom. The van der Waals surface area contributed by atoms with Gasteiger partial charge in [0.1, 0.15) is 0 Å². The summed E-state index contributed by atoms with van der Waals surface area (Å²) in [6, 6.07) is 0.438. The van der Waals surface area contributed by atoms with Crippen molar-refractivity contribution in [1.29, 1.82) is 0 Å². The predicted molar refractivity (Wildman–Crippen MR) is 59.5 cm³/mol. The van der Waals surface area contributed by atoms with Gasteiger partial charge in [-0.25, -0.2) is 4.68 Å². The number of nitrogens with two attached hydrogens (primary N) is 1. The Balaban J connectivity index is 2.32. The minimum atomic E-state index is 0.438. The van der Waals surface area contributed by atoms with Crippen molar-refractivity contribution >= 4 is 0 Å². The molecule has 2 N–H and O–H groups in total. The summed E-state index contributed by atoms with van der Waals surface area (Å²) in [7, 11) is 0. The Bertz CT molecular complexity index is 327. The first-order chi connectivity index (χ1) is 7.27. The first kappa shape index (κ1) is 10.6. The topological polar surface area (TPSA) is 56.7 Å². The third kappa shape index (κ3) is 1.78. The minimum absolute atomic E-state index is 0.438. The van der Waals surface area contributed by atoms with Gasteiger partial charge in [0.2, 0.25) is 0 Å². The fraction of sp³-hybridized carbons (Fsp3) is 0.818. The number of aromatic nitrogens is 3. The van der Waals surface area contributed by atoms with Crippen molar-refractivity contribution in [2.24, 2.45) is 5.73 Å². The van der Waals surface area contributed by atoms with Gasteiger partial charge >= 0.3 is 0 Å². The maximum atomic E-state index is 5.71. The van der Waals surface area contributed by atoms with Crippen LogP contribution >= 0.6 is 0 Å². The molecular formula is C11H20N4. The van der Waals surface area contributed by atoms with Crippen LogP contribution in [-0.4, -0.2) is 15.0 Å². The minimum Gasteiger partial charge on any atom is -0.325 e. The molecule has 4 heteroatoms. The van der Waals surface area contributed by atoms with Crippen molar-refractivity contribution in [3.8, 4) is 0 Å². The molecule has 0 aromatic carbocycles. The van der Waals surface area contributed by atoms with Crippen molar-refractivity contribution in [2.45, 2.75) is 58.0 Å². The summed E-state index contributed by atoms with van der Waals surface area (Å²) in [4.78, 5) is 0. The SMILES string of the molecule is CCC(C)n1nnc(CN)c1C1CCC1. The number of hydrogen-bond donors (Lipinski definition) is 1. The molecular weight excluding hydrogens is 188 g/mol. The third-order valence-electron chi connectivity index (χ3n) is 3.50. The number of nitrogens with zero attached hydrogens (tertiary/aromatic N) is 3. The highest BCUT2D eigenvalue weighted by Crippen LogP contribution is 2.38. The van der Waals surface area contributed by atoms with Gasteiger partial charge in [0.25, 0.3) is 0 Å². The second-order valence-electron chi connectivity index (χ2n) is 4.46. The van der Waals surface area contributed by atoms with Crippen LogP contribution in [0.3, 0.4) is 0 Å². The van der Waals surface area contributed by atoms with E-state index in [0.717, 1.165) is 12.1 Å². The smallest absolute Gasteiger partial charge is 0.0997 e. The summed E-state index contributed by atoms with van der Waals surface area (Å²) >= 11 is 0. The van der Waals surface area contributed by atoms with Gasteiger partial charge in [-0.2, -0.15) is 0 Å².